The largest absolute Gasteiger partial charge is 0.416 e. The molecule has 1 fully saturated rings. The van der Waals surface area contributed by atoms with Crippen molar-refractivity contribution in [3.63, 3.8) is 0 Å². The van der Waals surface area contributed by atoms with E-state index in [1.165, 1.54) is 12.1 Å². The van der Waals surface area contributed by atoms with Crippen molar-refractivity contribution in [1.82, 2.24) is 5.43 Å². The molecule has 0 aliphatic carbocycles. The molecule has 11 heteroatoms. The lowest BCUT2D eigenvalue weighted by molar-refractivity contribution is -0.384. The predicted octanol–water partition coefficient (Wildman–Crippen LogP) is 3.50. The molecule has 1 aliphatic heterocycles. The maximum Gasteiger partial charge on any atom is 0.416 e. The highest BCUT2D eigenvalue weighted by Gasteiger charge is 2.33. The minimum absolute atomic E-state index is 0.00141. The van der Waals surface area contributed by atoms with Gasteiger partial charge in [0.05, 0.1) is 10.5 Å². The highest BCUT2D eigenvalue weighted by Crippen LogP contribution is 2.34. The third-order valence-corrected chi connectivity index (χ3v) is 4.35. The van der Waals surface area contributed by atoms with Gasteiger partial charge in [-0.15, -0.1) is 0 Å². The number of rotatable bonds is 5. The van der Waals surface area contributed by atoms with Crippen molar-refractivity contribution in [2.75, 3.05) is 16.9 Å². The molecule has 1 aliphatic rings. The molecule has 2 aromatic carbocycles. The first-order valence-electron chi connectivity index (χ1n) is 8.49. The summed E-state index contributed by atoms with van der Waals surface area (Å²) in [7, 11) is 0. The Labute approximate surface area is 162 Å². The smallest absolute Gasteiger partial charge is 0.312 e. The Morgan fingerprint density at radius 3 is 2.38 bits per heavy atom. The first-order valence-corrected chi connectivity index (χ1v) is 8.49. The number of nitro benzene ring substituents is 1. The molecule has 0 spiro atoms. The summed E-state index contributed by atoms with van der Waals surface area (Å²) in [6.07, 6.45) is -3.50. The first kappa shape index (κ1) is 20.1. The number of amides is 2. The molecule has 1 heterocycles. The average molecular weight is 408 g/mol. The Morgan fingerprint density at radius 1 is 1.14 bits per heavy atom. The summed E-state index contributed by atoms with van der Waals surface area (Å²) in [4.78, 5) is 35.6. The second-order valence-electron chi connectivity index (χ2n) is 6.26. The molecule has 0 radical (unpaired) electrons. The lowest BCUT2D eigenvalue weighted by Gasteiger charge is -2.16. The third kappa shape index (κ3) is 4.45. The minimum Gasteiger partial charge on any atom is -0.312 e. The number of benzene rings is 2. The van der Waals surface area contributed by atoms with Crippen LogP contribution in [0.25, 0.3) is 0 Å². The van der Waals surface area contributed by atoms with Gasteiger partial charge >= 0.3 is 6.18 Å². The Kier molecular flexibility index (Phi) is 5.39. The highest BCUT2D eigenvalue weighted by atomic mass is 19.4. The molecule has 0 saturated carbocycles. The molecular formula is C18H15F3N4O4. The topological polar surface area (TPSA) is 105 Å². The fraction of sp³-hybridized carbons (Fsp3) is 0.222. The Hall–Kier alpha value is -3.63. The van der Waals surface area contributed by atoms with E-state index in [-0.39, 0.29) is 17.2 Å². The van der Waals surface area contributed by atoms with Crippen molar-refractivity contribution >= 4 is 28.9 Å². The van der Waals surface area contributed by atoms with Crippen LogP contribution in [0, 0.1) is 10.1 Å². The molecular weight excluding hydrogens is 393 g/mol. The van der Waals surface area contributed by atoms with Crippen LogP contribution in [-0.4, -0.2) is 23.3 Å². The summed E-state index contributed by atoms with van der Waals surface area (Å²) in [5.41, 5.74) is 3.03. The summed E-state index contributed by atoms with van der Waals surface area (Å²) in [6, 6.07) is 8.05. The van der Waals surface area contributed by atoms with E-state index >= 15 is 0 Å². The first-order chi connectivity index (χ1) is 13.7. The highest BCUT2D eigenvalue weighted by molar-refractivity contribution is 5.98. The molecule has 152 valence electrons. The van der Waals surface area contributed by atoms with Crippen LogP contribution in [-0.2, 0) is 11.0 Å². The van der Waals surface area contributed by atoms with E-state index < -0.39 is 28.3 Å². The SMILES string of the molecule is O=C(NNc1ccc(C(F)(F)F)cc1[N+](=O)[O-])c1ccc(N2CCCC2=O)cc1. The Bertz CT molecular complexity index is 961. The van der Waals surface area contributed by atoms with Gasteiger partial charge in [-0.1, -0.05) is 0 Å². The summed E-state index contributed by atoms with van der Waals surface area (Å²) in [5, 5.41) is 11.1. The quantitative estimate of drug-likeness (QED) is 0.582. The van der Waals surface area contributed by atoms with Crippen LogP contribution >= 0.6 is 0 Å². The standard InChI is InChI=1S/C18H15F3N4O4/c19-18(20,21)12-5-8-14(15(10-12)25(28)29)22-23-17(27)11-3-6-13(7-4-11)24-9-1-2-16(24)26/h3-8,10,22H,1-2,9H2,(H,23,27). The summed E-state index contributed by atoms with van der Waals surface area (Å²) in [6.45, 7) is 0.601. The molecule has 2 N–H and O–H groups in total. The zero-order valence-corrected chi connectivity index (χ0v) is 14.8. The van der Waals surface area contributed by atoms with E-state index in [4.69, 9.17) is 0 Å². The predicted molar refractivity (Wildman–Crippen MR) is 97.2 cm³/mol. The number of nitrogens with one attached hydrogen (secondary N) is 2. The van der Waals surface area contributed by atoms with Gasteiger partial charge in [0.15, 0.2) is 0 Å². The van der Waals surface area contributed by atoms with Crippen molar-refractivity contribution < 1.29 is 27.7 Å². The van der Waals surface area contributed by atoms with Gasteiger partial charge < -0.3 is 4.90 Å². The second-order valence-corrected chi connectivity index (χ2v) is 6.26. The van der Waals surface area contributed by atoms with E-state index in [1.54, 1.807) is 17.0 Å². The van der Waals surface area contributed by atoms with Crippen molar-refractivity contribution in [3.05, 3.63) is 63.7 Å². The molecule has 2 amide bonds. The van der Waals surface area contributed by atoms with Gasteiger partial charge in [0, 0.05) is 30.3 Å². The average Bonchev–Trinajstić information content (AvgIpc) is 3.11. The third-order valence-electron chi connectivity index (χ3n) is 4.35. The number of hydrogen-bond acceptors (Lipinski definition) is 5. The zero-order chi connectivity index (χ0) is 21.2. The van der Waals surface area contributed by atoms with Gasteiger partial charge in [-0.2, -0.15) is 13.2 Å². The monoisotopic (exact) mass is 408 g/mol. The lowest BCUT2D eigenvalue weighted by atomic mass is 10.1. The van der Waals surface area contributed by atoms with E-state index in [9.17, 15) is 32.9 Å². The van der Waals surface area contributed by atoms with Crippen LogP contribution in [0.2, 0.25) is 0 Å². The molecule has 0 bridgehead atoms. The van der Waals surface area contributed by atoms with E-state index in [0.29, 0.717) is 30.8 Å². The lowest BCUT2D eigenvalue weighted by Crippen LogP contribution is -2.30. The maximum absolute atomic E-state index is 12.7. The number of nitro groups is 1. The van der Waals surface area contributed by atoms with Gasteiger partial charge in [0.1, 0.15) is 5.69 Å². The molecule has 29 heavy (non-hydrogen) atoms. The second kappa shape index (κ2) is 7.78. The Balaban J connectivity index is 1.70. The number of hydrogen-bond donors (Lipinski definition) is 2. The summed E-state index contributed by atoms with van der Waals surface area (Å²) >= 11 is 0. The van der Waals surface area contributed by atoms with Crippen molar-refractivity contribution in [3.8, 4) is 0 Å². The van der Waals surface area contributed by atoms with Crippen LogP contribution in [0.4, 0.5) is 30.2 Å². The number of carbonyl (C=O) groups excluding carboxylic acids is 2. The number of carbonyl (C=O) groups is 2. The van der Waals surface area contributed by atoms with Crippen molar-refractivity contribution in [1.29, 1.82) is 0 Å². The van der Waals surface area contributed by atoms with E-state index in [0.717, 1.165) is 12.5 Å². The zero-order valence-electron chi connectivity index (χ0n) is 14.8. The van der Waals surface area contributed by atoms with Crippen LogP contribution < -0.4 is 15.8 Å². The summed E-state index contributed by atoms with van der Waals surface area (Å²) in [5.74, 6) is -0.656. The maximum atomic E-state index is 12.7. The molecule has 1 saturated heterocycles. The van der Waals surface area contributed by atoms with Crippen LogP contribution in [0.5, 0.6) is 0 Å². The fourth-order valence-corrected chi connectivity index (χ4v) is 2.87. The number of hydrazine groups is 1. The van der Waals surface area contributed by atoms with Gasteiger partial charge in [0.2, 0.25) is 5.91 Å². The molecule has 0 aromatic heterocycles. The summed E-state index contributed by atoms with van der Waals surface area (Å²) < 4.78 is 38.2. The van der Waals surface area contributed by atoms with Crippen LogP contribution in [0.3, 0.4) is 0 Å². The van der Waals surface area contributed by atoms with Gasteiger partial charge in [-0.05, 0) is 42.8 Å². The van der Waals surface area contributed by atoms with Gasteiger partial charge in [-0.3, -0.25) is 30.6 Å². The number of halogens is 3. The van der Waals surface area contributed by atoms with Gasteiger partial charge in [0.25, 0.3) is 11.6 Å². The van der Waals surface area contributed by atoms with Crippen LogP contribution in [0.15, 0.2) is 42.5 Å². The van der Waals surface area contributed by atoms with Crippen molar-refractivity contribution in [2.24, 2.45) is 0 Å². The van der Waals surface area contributed by atoms with Gasteiger partial charge in [-0.25, -0.2) is 0 Å². The number of anilines is 2. The van der Waals surface area contributed by atoms with E-state index in [2.05, 4.69) is 10.9 Å². The normalized spacial score (nSPS) is 14.0. The van der Waals surface area contributed by atoms with Crippen molar-refractivity contribution in [2.45, 2.75) is 19.0 Å². The van der Waals surface area contributed by atoms with Crippen LogP contribution in [0.1, 0.15) is 28.8 Å². The number of nitrogens with zero attached hydrogens (tertiary/aromatic N) is 2. The molecule has 0 atom stereocenters. The number of alkyl halides is 3. The van der Waals surface area contributed by atoms with E-state index in [1.807, 2.05) is 0 Å². The molecule has 8 nitrogen and oxygen atoms in total. The molecule has 2 aromatic rings. The fourth-order valence-electron chi connectivity index (χ4n) is 2.87. The molecule has 3 rings (SSSR count). The molecule has 0 unspecified atom stereocenters. The minimum atomic E-state index is -4.73. The Morgan fingerprint density at radius 2 is 1.83 bits per heavy atom.